The summed E-state index contributed by atoms with van der Waals surface area (Å²) in [5.74, 6) is 0.113. The van der Waals surface area contributed by atoms with E-state index in [9.17, 15) is 4.79 Å². The van der Waals surface area contributed by atoms with Crippen LogP contribution < -0.4 is 11.1 Å². The molecule has 0 aromatic heterocycles. The molecule has 0 saturated carbocycles. The van der Waals surface area contributed by atoms with E-state index in [0.29, 0.717) is 13.2 Å². The second kappa shape index (κ2) is 8.68. The van der Waals surface area contributed by atoms with E-state index in [4.69, 9.17) is 10.5 Å². The fraction of sp³-hybridized carbons (Fsp3) is 0.909. The Labute approximate surface area is 92.6 Å². The van der Waals surface area contributed by atoms with Crippen LogP contribution in [0.25, 0.3) is 0 Å². The van der Waals surface area contributed by atoms with Crippen molar-refractivity contribution in [3.8, 4) is 0 Å². The van der Waals surface area contributed by atoms with Gasteiger partial charge in [-0.05, 0) is 18.8 Å². The fourth-order valence-corrected chi connectivity index (χ4v) is 1.05. The zero-order valence-electron chi connectivity index (χ0n) is 10.1. The molecule has 1 atom stereocenters. The number of ether oxygens (including phenoxy) is 1. The Bertz CT molecular complexity index is 172. The molecule has 0 aliphatic heterocycles. The summed E-state index contributed by atoms with van der Waals surface area (Å²) in [7, 11) is 0. The van der Waals surface area contributed by atoms with Crippen LogP contribution in [0.5, 0.6) is 0 Å². The predicted octanol–water partition coefficient (Wildman–Crippen LogP) is 0.903. The summed E-state index contributed by atoms with van der Waals surface area (Å²) < 4.78 is 5.29. The van der Waals surface area contributed by atoms with Crippen LogP contribution in [-0.4, -0.2) is 31.7 Å². The van der Waals surface area contributed by atoms with E-state index >= 15 is 0 Å². The van der Waals surface area contributed by atoms with Gasteiger partial charge in [0.15, 0.2) is 0 Å². The molecular weight excluding hydrogens is 192 g/mol. The Kier molecular flexibility index (Phi) is 8.33. The van der Waals surface area contributed by atoms with Crippen molar-refractivity contribution in [2.45, 2.75) is 39.7 Å². The van der Waals surface area contributed by atoms with Gasteiger partial charge in [0.25, 0.3) is 0 Å². The minimum absolute atomic E-state index is 0.0690. The third-order valence-electron chi connectivity index (χ3n) is 2.13. The van der Waals surface area contributed by atoms with Crippen molar-refractivity contribution in [2.24, 2.45) is 11.7 Å². The zero-order valence-corrected chi connectivity index (χ0v) is 10.1. The molecule has 0 bridgehead atoms. The Balaban J connectivity index is 3.39. The Morgan fingerprint density at radius 3 is 2.60 bits per heavy atom. The van der Waals surface area contributed by atoms with Crippen LogP contribution in [0, 0.1) is 5.92 Å². The molecule has 0 heterocycles. The molecular formula is C11H24N2O2. The number of hydrogen-bond acceptors (Lipinski definition) is 3. The van der Waals surface area contributed by atoms with Crippen molar-refractivity contribution in [1.82, 2.24) is 5.32 Å². The lowest BCUT2D eigenvalue weighted by molar-refractivity contribution is -0.123. The van der Waals surface area contributed by atoms with Crippen LogP contribution in [0.3, 0.4) is 0 Å². The van der Waals surface area contributed by atoms with E-state index in [-0.39, 0.29) is 11.8 Å². The van der Waals surface area contributed by atoms with E-state index in [1.807, 2.05) is 13.8 Å². The van der Waals surface area contributed by atoms with Gasteiger partial charge in [0.2, 0.25) is 5.91 Å². The fourth-order valence-electron chi connectivity index (χ4n) is 1.05. The standard InChI is InChI=1S/C11H24N2O2/c1-4-7-15-8-5-6-13-11(14)10(12)9(2)3/h9-10H,4-8,12H2,1-3H3,(H,13,14). The van der Waals surface area contributed by atoms with Gasteiger partial charge in [-0.15, -0.1) is 0 Å². The average molecular weight is 216 g/mol. The SMILES string of the molecule is CCCOCCCNC(=O)C(N)C(C)C. The van der Waals surface area contributed by atoms with E-state index < -0.39 is 6.04 Å². The van der Waals surface area contributed by atoms with Gasteiger partial charge in [-0.1, -0.05) is 20.8 Å². The zero-order chi connectivity index (χ0) is 11.7. The molecule has 0 fully saturated rings. The molecule has 4 nitrogen and oxygen atoms in total. The Morgan fingerprint density at radius 2 is 2.07 bits per heavy atom. The Morgan fingerprint density at radius 1 is 1.40 bits per heavy atom. The largest absolute Gasteiger partial charge is 0.381 e. The number of carbonyl (C=O) groups is 1. The molecule has 0 aliphatic rings. The van der Waals surface area contributed by atoms with Gasteiger partial charge in [0.1, 0.15) is 0 Å². The lowest BCUT2D eigenvalue weighted by atomic mass is 10.1. The lowest BCUT2D eigenvalue weighted by Crippen LogP contribution is -2.44. The van der Waals surface area contributed by atoms with Gasteiger partial charge in [0, 0.05) is 19.8 Å². The molecule has 15 heavy (non-hydrogen) atoms. The normalized spacial score (nSPS) is 12.9. The third-order valence-corrected chi connectivity index (χ3v) is 2.13. The van der Waals surface area contributed by atoms with Crippen LogP contribution in [0.15, 0.2) is 0 Å². The Hall–Kier alpha value is -0.610. The molecule has 0 radical (unpaired) electrons. The van der Waals surface area contributed by atoms with Crippen LogP contribution in [0.1, 0.15) is 33.6 Å². The number of hydrogen-bond donors (Lipinski definition) is 2. The molecule has 0 saturated heterocycles. The van der Waals surface area contributed by atoms with Gasteiger partial charge in [-0.25, -0.2) is 0 Å². The summed E-state index contributed by atoms with van der Waals surface area (Å²) in [5.41, 5.74) is 5.68. The highest BCUT2D eigenvalue weighted by molar-refractivity contribution is 5.81. The second-order valence-corrected chi connectivity index (χ2v) is 4.03. The highest BCUT2D eigenvalue weighted by Crippen LogP contribution is 1.97. The minimum Gasteiger partial charge on any atom is -0.381 e. The molecule has 0 aromatic carbocycles. The van der Waals surface area contributed by atoms with Crippen molar-refractivity contribution in [1.29, 1.82) is 0 Å². The molecule has 1 amide bonds. The van der Waals surface area contributed by atoms with Crippen molar-refractivity contribution < 1.29 is 9.53 Å². The van der Waals surface area contributed by atoms with Gasteiger partial charge in [0.05, 0.1) is 6.04 Å². The molecule has 4 heteroatoms. The summed E-state index contributed by atoms with van der Waals surface area (Å²) in [6.45, 7) is 8.08. The third kappa shape index (κ3) is 7.33. The summed E-state index contributed by atoms with van der Waals surface area (Å²) in [5, 5.41) is 2.80. The molecule has 90 valence electrons. The summed E-state index contributed by atoms with van der Waals surface area (Å²) >= 11 is 0. The first-order chi connectivity index (χ1) is 7.09. The molecule has 1 unspecified atom stereocenters. The first kappa shape index (κ1) is 14.4. The van der Waals surface area contributed by atoms with Gasteiger partial charge in [-0.3, -0.25) is 4.79 Å². The smallest absolute Gasteiger partial charge is 0.237 e. The highest BCUT2D eigenvalue weighted by Gasteiger charge is 2.15. The van der Waals surface area contributed by atoms with Crippen LogP contribution in [0.4, 0.5) is 0 Å². The maximum Gasteiger partial charge on any atom is 0.237 e. The van der Waals surface area contributed by atoms with Crippen LogP contribution in [0.2, 0.25) is 0 Å². The van der Waals surface area contributed by atoms with Crippen molar-refractivity contribution in [3.05, 3.63) is 0 Å². The van der Waals surface area contributed by atoms with E-state index in [2.05, 4.69) is 12.2 Å². The predicted molar refractivity (Wildman–Crippen MR) is 61.6 cm³/mol. The maximum absolute atomic E-state index is 11.4. The number of nitrogens with two attached hydrogens (primary N) is 1. The summed E-state index contributed by atoms with van der Waals surface area (Å²) in [6, 6.07) is -0.401. The van der Waals surface area contributed by atoms with Gasteiger partial charge in [-0.2, -0.15) is 0 Å². The molecule has 0 spiro atoms. The number of carbonyl (C=O) groups excluding carboxylic acids is 1. The van der Waals surface area contributed by atoms with Crippen molar-refractivity contribution >= 4 is 5.91 Å². The second-order valence-electron chi connectivity index (χ2n) is 4.03. The lowest BCUT2D eigenvalue weighted by Gasteiger charge is -2.15. The van der Waals surface area contributed by atoms with Crippen molar-refractivity contribution in [2.75, 3.05) is 19.8 Å². The number of rotatable bonds is 8. The average Bonchev–Trinajstić information content (AvgIpc) is 2.21. The number of nitrogens with one attached hydrogen (secondary N) is 1. The highest BCUT2D eigenvalue weighted by atomic mass is 16.5. The monoisotopic (exact) mass is 216 g/mol. The summed E-state index contributed by atoms with van der Waals surface area (Å²) in [6.07, 6.45) is 1.88. The van der Waals surface area contributed by atoms with E-state index in [1.165, 1.54) is 0 Å². The van der Waals surface area contributed by atoms with Crippen LogP contribution in [-0.2, 0) is 9.53 Å². The first-order valence-corrected chi connectivity index (χ1v) is 5.70. The first-order valence-electron chi connectivity index (χ1n) is 5.70. The molecule has 3 N–H and O–H groups in total. The van der Waals surface area contributed by atoms with E-state index in [0.717, 1.165) is 19.4 Å². The van der Waals surface area contributed by atoms with Gasteiger partial charge >= 0.3 is 0 Å². The van der Waals surface area contributed by atoms with Gasteiger partial charge < -0.3 is 15.8 Å². The molecule has 0 rings (SSSR count). The topological polar surface area (TPSA) is 64.3 Å². The minimum atomic E-state index is -0.401. The van der Waals surface area contributed by atoms with Crippen LogP contribution >= 0.6 is 0 Å². The molecule has 0 aromatic rings. The quantitative estimate of drug-likeness (QED) is 0.593. The van der Waals surface area contributed by atoms with Crippen molar-refractivity contribution in [3.63, 3.8) is 0 Å². The number of amides is 1. The summed E-state index contributed by atoms with van der Waals surface area (Å²) in [4.78, 5) is 11.4. The van der Waals surface area contributed by atoms with E-state index in [1.54, 1.807) is 0 Å². The maximum atomic E-state index is 11.4. The molecule has 0 aliphatic carbocycles.